The summed E-state index contributed by atoms with van der Waals surface area (Å²) >= 11 is 1.42. The third kappa shape index (κ3) is 5.99. The predicted molar refractivity (Wildman–Crippen MR) is 134 cm³/mol. The summed E-state index contributed by atoms with van der Waals surface area (Å²) in [5.74, 6) is -1.29. The molecule has 0 aliphatic rings. The molecule has 1 aromatic carbocycles. The Morgan fingerprint density at radius 2 is 1.82 bits per heavy atom. The van der Waals surface area contributed by atoms with E-state index < -0.39 is 24.0 Å². The molecule has 1 amide bonds. The third-order valence-electron chi connectivity index (χ3n) is 5.71. The number of amides is 1. The second-order valence-electron chi connectivity index (χ2n) is 9.10. The van der Waals surface area contributed by atoms with Gasteiger partial charge < -0.3 is 15.0 Å². The zero-order valence-electron chi connectivity index (χ0n) is 20.2. The molecule has 2 heterocycles. The van der Waals surface area contributed by atoms with Crippen LogP contribution < -0.4 is 10.9 Å². The first kappa shape index (κ1) is 25.4. The predicted octanol–water partition coefficient (Wildman–Crippen LogP) is 4.82. The van der Waals surface area contributed by atoms with E-state index in [0.29, 0.717) is 12.1 Å². The highest BCUT2D eigenvalue weighted by molar-refractivity contribution is 7.13. The van der Waals surface area contributed by atoms with Crippen LogP contribution in [-0.4, -0.2) is 26.5 Å². The van der Waals surface area contributed by atoms with E-state index in [0.717, 1.165) is 27.3 Å². The number of rotatable bonds is 9. The third-order valence-corrected chi connectivity index (χ3v) is 6.58. The van der Waals surface area contributed by atoms with Crippen molar-refractivity contribution in [3.63, 3.8) is 0 Å². The fraction of sp³-hybridized carbons (Fsp3) is 0.385. The number of aryl methyl sites for hydroxylation is 3. The lowest BCUT2D eigenvalue weighted by atomic mass is 10.0. The summed E-state index contributed by atoms with van der Waals surface area (Å²) in [6.07, 6.45) is 1.76. The maximum absolute atomic E-state index is 13.4. The monoisotopic (exact) mass is 481 g/mol. The Kier molecular flexibility index (Phi) is 8.04. The van der Waals surface area contributed by atoms with Crippen LogP contribution in [-0.2, 0) is 9.59 Å². The van der Waals surface area contributed by atoms with E-state index >= 15 is 0 Å². The Balaban J connectivity index is 1.94. The summed E-state index contributed by atoms with van der Waals surface area (Å²) in [7, 11) is 0. The molecule has 0 radical (unpaired) electrons. The van der Waals surface area contributed by atoms with Crippen molar-refractivity contribution in [2.75, 3.05) is 0 Å². The van der Waals surface area contributed by atoms with Crippen molar-refractivity contribution in [1.82, 2.24) is 14.9 Å². The first-order valence-corrected chi connectivity index (χ1v) is 12.2. The van der Waals surface area contributed by atoms with Gasteiger partial charge in [0.25, 0.3) is 5.56 Å². The fourth-order valence-electron chi connectivity index (χ4n) is 4.02. The van der Waals surface area contributed by atoms with Crippen molar-refractivity contribution in [1.29, 1.82) is 0 Å². The van der Waals surface area contributed by atoms with E-state index in [1.165, 1.54) is 22.0 Å². The van der Waals surface area contributed by atoms with Crippen LogP contribution in [0.15, 0.2) is 46.7 Å². The lowest BCUT2D eigenvalue weighted by molar-refractivity contribution is -0.138. The molecular weight excluding hydrogens is 450 g/mol. The number of hydrogen-bond acceptors (Lipinski definition) is 5. The minimum Gasteiger partial charge on any atom is -0.481 e. The molecule has 0 fully saturated rings. The molecule has 2 N–H and O–H groups in total. The van der Waals surface area contributed by atoms with E-state index in [9.17, 15) is 19.5 Å². The molecule has 8 heteroatoms. The van der Waals surface area contributed by atoms with Crippen LogP contribution in [0.1, 0.15) is 61.2 Å². The molecule has 0 spiro atoms. The van der Waals surface area contributed by atoms with Crippen molar-refractivity contribution in [2.24, 2.45) is 5.92 Å². The summed E-state index contributed by atoms with van der Waals surface area (Å²) in [5, 5.41) is 15.0. The van der Waals surface area contributed by atoms with Gasteiger partial charge in [-0.3, -0.25) is 14.4 Å². The van der Waals surface area contributed by atoms with E-state index in [4.69, 9.17) is 4.98 Å². The van der Waals surface area contributed by atoms with Gasteiger partial charge in [-0.05, 0) is 55.9 Å². The standard InChI is InChI=1S/C26H31N3O4S/c1-15(2)11-21(29-10-9-16(3)12-22(29)30)25(33)27-19(13-23(31)32)20-14-34-26(28-20)24-17(4)7-6-8-18(24)5/h6-10,12,14-15,19,21H,11,13H2,1-5H3,(H,27,33)(H,31,32)/t19-,21-/m1/s1. The molecule has 2 atom stereocenters. The van der Waals surface area contributed by atoms with Crippen LogP contribution in [0.2, 0.25) is 0 Å². The van der Waals surface area contributed by atoms with Crippen LogP contribution in [0.4, 0.5) is 0 Å². The first-order chi connectivity index (χ1) is 16.1. The zero-order valence-corrected chi connectivity index (χ0v) is 21.0. The van der Waals surface area contributed by atoms with Crippen molar-refractivity contribution in [3.05, 3.63) is 74.6 Å². The van der Waals surface area contributed by atoms with Crippen LogP contribution in [0.25, 0.3) is 10.6 Å². The Morgan fingerprint density at radius 3 is 2.41 bits per heavy atom. The number of carbonyl (C=O) groups is 2. The van der Waals surface area contributed by atoms with Gasteiger partial charge in [-0.1, -0.05) is 32.0 Å². The highest BCUT2D eigenvalue weighted by Crippen LogP contribution is 2.32. The summed E-state index contributed by atoms with van der Waals surface area (Å²) in [6, 6.07) is 7.72. The van der Waals surface area contributed by atoms with Crippen LogP contribution in [0, 0.1) is 26.7 Å². The van der Waals surface area contributed by atoms with Gasteiger partial charge in [0.1, 0.15) is 11.0 Å². The lowest BCUT2D eigenvalue weighted by Crippen LogP contribution is -2.40. The molecular formula is C26H31N3O4S. The minimum absolute atomic E-state index is 0.150. The van der Waals surface area contributed by atoms with Gasteiger partial charge in [0, 0.05) is 23.2 Å². The van der Waals surface area contributed by atoms with Crippen molar-refractivity contribution in [3.8, 4) is 10.6 Å². The van der Waals surface area contributed by atoms with E-state index in [1.807, 2.05) is 52.8 Å². The number of benzene rings is 1. The highest BCUT2D eigenvalue weighted by atomic mass is 32.1. The maximum atomic E-state index is 13.4. The van der Waals surface area contributed by atoms with Crippen molar-refractivity contribution in [2.45, 2.75) is 59.5 Å². The number of nitrogens with zero attached hydrogens (tertiary/aromatic N) is 2. The topological polar surface area (TPSA) is 101 Å². The van der Waals surface area contributed by atoms with Gasteiger partial charge in [-0.15, -0.1) is 11.3 Å². The van der Waals surface area contributed by atoms with E-state index in [2.05, 4.69) is 5.32 Å². The molecule has 34 heavy (non-hydrogen) atoms. The van der Waals surface area contributed by atoms with E-state index in [1.54, 1.807) is 17.6 Å². The number of aliphatic carboxylic acids is 1. The number of nitrogens with one attached hydrogen (secondary N) is 1. The van der Waals surface area contributed by atoms with Crippen LogP contribution in [0.5, 0.6) is 0 Å². The molecule has 3 aromatic rings. The summed E-state index contributed by atoms with van der Waals surface area (Å²) in [5.41, 5.74) is 4.23. The normalized spacial score (nSPS) is 13.0. The molecule has 0 saturated heterocycles. The first-order valence-electron chi connectivity index (χ1n) is 11.3. The Bertz CT molecular complexity index is 1220. The van der Waals surface area contributed by atoms with Crippen molar-refractivity contribution < 1.29 is 14.7 Å². The van der Waals surface area contributed by atoms with Gasteiger partial charge in [0.2, 0.25) is 5.91 Å². The van der Waals surface area contributed by atoms with Crippen LogP contribution >= 0.6 is 11.3 Å². The number of carboxylic acids is 1. The molecule has 0 bridgehead atoms. The average molecular weight is 482 g/mol. The number of carbonyl (C=O) groups excluding carboxylic acids is 1. The van der Waals surface area contributed by atoms with Gasteiger partial charge >= 0.3 is 5.97 Å². The quantitative estimate of drug-likeness (QED) is 0.456. The Morgan fingerprint density at radius 1 is 1.15 bits per heavy atom. The molecule has 3 rings (SSSR count). The highest BCUT2D eigenvalue weighted by Gasteiger charge is 2.28. The molecule has 2 aromatic heterocycles. The van der Waals surface area contributed by atoms with E-state index in [-0.39, 0.29) is 17.9 Å². The summed E-state index contributed by atoms with van der Waals surface area (Å²) in [4.78, 5) is 42.3. The Labute approximate surface area is 203 Å². The van der Waals surface area contributed by atoms with Gasteiger partial charge in [0.05, 0.1) is 18.2 Å². The number of thiazole rings is 1. The maximum Gasteiger partial charge on any atom is 0.305 e. The molecule has 0 saturated carbocycles. The summed E-state index contributed by atoms with van der Waals surface area (Å²) in [6.45, 7) is 9.80. The summed E-state index contributed by atoms with van der Waals surface area (Å²) < 4.78 is 1.42. The number of carboxylic acid groups (broad SMARTS) is 1. The largest absolute Gasteiger partial charge is 0.481 e. The van der Waals surface area contributed by atoms with Gasteiger partial charge in [-0.25, -0.2) is 4.98 Å². The molecule has 0 aliphatic heterocycles. The Hall–Kier alpha value is -3.26. The molecule has 0 unspecified atom stereocenters. The molecule has 7 nitrogen and oxygen atoms in total. The number of pyridine rings is 1. The van der Waals surface area contributed by atoms with Crippen molar-refractivity contribution >= 4 is 23.2 Å². The second-order valence-corrected chi connectivity index (χ2v) is 9.96. The fourth-order valence-corrected chi connectivity index (χ4v) is 5.07. The van der Waals surface area contributed by atoms with Crippen LogP contribution in [0.3, 0.4) is 0 Å². The lowest BCUT2D eigenvalue weighted by Gasteiger charge is -2.24. The number of aromatic nitrogens is 2. The van der Waals surface area contributed by atoms with Gasteiger partial charge in [-0.2, -0.15) is 0 Å². The zero-order chi connectivity index (χ0) is 25.0. The average Bonchev–Trinajstić information content (AvgIpc) is 3.21. The number of hydrogen-bond donors (Lipinski definition) is 2. The second kappa shape index (κ2) is 10.8. The minimum atomic E-state index is -1.04. The SMILES string of the molecule is Cc1ccn([C@H](CC(C)C)C(=O)N[C@H](CC(=O)O)c2csc(-c3c(C)cccc3C)n2)c(=O)c1. The molecule has 180 valence electrons. The molecule has 0 aliphatic carbocycles. The van der Waals surface area contributed by atoms with Gasteiger partial charge in [0.15, 0.2) is 0 Å². The smallest absolute Gasteiger partial charge is 0.305 e.